The number of carbonyl (C=O) groups excluding carboxylic acids is 3. The maximum absolute atomic E-state index is 13.1. The minimum atomic E-state index is -0.381. The van der Waals surface area contributed by atoms with E-state index in [2.05, 4.69) is 16.0 Å². The summed E-state index contributed by atoms with van der Waals surface area (Å²) in [6.07, 6.45) is 1.41. The van der Waals surface area contributed by atoms with E-state index in [1.54, 1.807) is 24.3 Å². The van der Waals surface area contributed by atoms with Crippen LogP contribution in [0.25, 0.3) is 0 Å². The number of carbonyl (C=O) groups is 3. The molecule has 0 saturated carbocycles. The third-order valence-electron chi connectivity index (χ3n) is 6.14. The summed E-state index contributed by atoms with van der Waals surface area (Å²) in [4.78, 5) is 39.8. The minimum Gasteiger partial charge on any atom is -0.349 e. The van der Waals surface area contributed by atoms with E-state index in [0.29, 0.717) is 49.3 Å². The zero-order chi connectivity index (χ0) is 25.3. The van der Waals surface area contributed by atoms with Crippen LogP contribution in [0.2, 0.25) is 0 Å². The van der Waals surface area contributed by atoms with Crippen molar-refractivity contribution in [3.8, 4) is 0 Å². The summed E-state index contributed by atoms with van der Waals surface area (Å²) < 4.78 is 13.1. The predicted molar refractivity (Wildman–Crippen MR) is 136 cm³/mol. The first-order chi connectivity index (χ1) is 17.5. The van der Waals surface area contributed by atoms with Crippen molar-refractivity contribution in [2.45, 2.75) is 25.4 Å². The van der Waals surface area contributed by atoms with Crippen molar-refractivity contribution in [1.29, 1.82) is 0 Å². The molecule has 1 saturated heterocycles. The number of likely N-dealkylation sites (tertiary alicyclic amines) is 1. The summed E-state index contributed by atoms with van der Waals surface area (Å²) in [6.45, 7) is 1.90. The number of halogens is 1. The molecule has 3 aromatic carbocycles. The smallest absolute Gasteiger partial charge is 0.253 e. The normalized spacial score (nSPS) is 14.1. The van der Waals surface area contributed by atoms with Crippen molar-refractivity contribution in [3.05, 3.63) is 101 Å². The summed E-state index contributed by atoms with van der Waals surface area (Å²) in [5, 5.41) is 8.73. The summed E-state index contributed by atoms with van der Waals surface area (Å²) in [7, 11) is 0. The lowest BCUT2D eigenvalue weighted by Crippen LogP contribution is -2.46. The van der Waals surface area contributed by atoms with E-state index < -0.39 is 0 Å². The second-order valence-electron chi connectivity index (χ2n) is 8.79. The van der Waals surface area contributed by atoms with Gasteiger partial charge in [-0.25, -0.2) is 4.39 Å². The molecule has 8 heteroatoms. The van der Waals surface area contributed by atoms with E-state index in [-0.39, 0.29) is 36.1 Å². The largest absolute Gasteiger partial charge is 0.349 e. The van der Waals surface area contributed by atoms with Gasteiger partial charge in [0, 0.05) is 31.2 Å². The molecule has 0 atom stereocenters. The van der Waals surface area contributed by atoms with E-state index in [9.17, 15) is 18.8 Å². The highest BCUT2D eigenvalue weighted by molar-refractivity contribution is 6.04. The van der Waals surface area contributed by atoms with Gasteiger partial charge in [0.25, 0.3) is 11.8 Å². The maximum Gasteiger partial charge on any atom is 0.253 e. The maximum atomic E-state index is 13.1. The van der Waals surface area contributed by atoms with Crippen LogP contribution in [0, 0.1) is 5.82 Å². The van der Waals surface area contributed by atoms with Gasteiger partial charge in [0.05, 0.1) is 17.8 Å². The van der Waals surface area contributed by atoms with Crippen LogP contribution in [-0.2, 0) is 11.3 Å². The molecule has 1 aliphatic rings. The minimum absolute atomic E-state index is 0.00380. The Morgan fingerprint density at radius 3 is 2.22 bits per heavy atom. The van der Waals surface area contributed by atoms with Crippen LogP contribution in [-0.4, -0.2) is 48.3 Å². The molecule has 3 amide bonds. The molecule has 0 radical (unpaired) electrons. The monoisotopic (exact) mass is 488 g/mol. The van der Waals surface area contributed by atoms with Gasteiger partial charge in [-0.1, -0.05) is 42.5 Å². The molecule has 186 valence electrons. The van der Waals surface area contributed by atoms with E-state index in [4.69, 9.17) is 0 Å². The fraction of sp³-hybridized carbons (Fsp3) is 0.250. The molecule has 0 aromatic heterocycles. The molecule has 1 aliphatic heterocycles. The second kappa shape index (κ2) is 12.1. The van der Waals surface area contributed by atoms with Gasteiger partial charge in [-0.2, -0.15) is 0 Å². The van der Waals surface area contributed by atoms with Gasteiger partial charge in [-0.3, -0.25) is 19.3 Å². The third-order valence-corrected chi connectivity index (χ3v) is 6.14. The third kappa shape index (κ3) is 6.99. The fourth-order valence-electron chi connectivity index (χ4n) is 4.16. The second-order valence-corrected chi connectivity index (χ2v) is 8.79. The van der Waals surface area contributed by atoms with Crippen molar-refractivity contribution in [2.24, 2.45) is 0 Å². The SMILES string of the molecule is O=C(CN1CCC(NC(=O)c2ccc(F)cc2)CC1)Nc1ccccc1C(=O)NCc1ccccc1. The highest BCUT2D eigenvalue weighted by Gasteiger charge is 2.23. The number of anilines is 1. The van der Waals surface area contributed by atoms with Crippen molar-refractivity contribution in [3.63, 3.8) is 0 Å². The number of piperidine rings is 1. The molecule has 0 bridgehead atoms. The molecule has 0 unspecified atom stereocenters. The molecular formula is C28H29FN4O3. The Labute approximate surface area is 209 Å². The Bertz CT molecular complexity index is 1190. The van der Waals surface area contributed by atoms with Gasteiger partial charge in [-0.15, -0.1) is 0 Å². The number of nitrogens with one attached hydrogen (secondary N) is 3. The van der Waals surface area contributed by atoms with Gasteiger partial charge in [0.1, 0.15) is 5.82 Å². The van der Waals surface area contributed by atoms with Crippen molar-refractivity contribution in [1.82, 2.24) is 15.5 Å². The number of para-hydroxylation sites is 1. The number of hydrogen-bond acceptors (Lipinski definition) is 4. The molecule has 0 spiro atoms. The van der Waals surface area contributed by atoms with Crippen LogP contribution >= 0.6 is 0 Å². The number of hydrogen-bond donors (Lipinski definition) is 3. The van der Waals surface area contributed by atoms with E-state index in [1.165, 1.54) is 24.3 Å². The van der Waals surface area contributed by atoms with Crippen LogP contribution in [0.4, 0.5) is 10.1 Å². The first-order valence-corrected chi connectivity index (χ1v) is 12.0. The summed E-state index contributed by atoms with van der Waals surface area (Å²) >= 11 is 0. The van der Waals surface area contributed by atoms with Gasteiger partial charge >= 0.3 is 0 Å². The van der Waals surface area contributed by atoms with Gasteiger partial charge < -0.3 is 16.0 Å². The average Bonchev–Trinajstić information content (AvgIpc) is 2.89. The molecule has 1 fully saturated rings. The molecule has 0 aliphatic carbocycles. The van der Waals surface area contributed by atoms with E-state index in [1.807, 2.05) is 35.2 Å². The van der Waals surface area contributed by atoms with Crippen LogP contribution in [0.15, 0.2) is 78.9 Å². The summed E-state index contributed by atoms with van der Waals surface area (Å²) in [5.41, 5.74) is 2.29. The van der Waals surface area contributed by atoms with Crippen LogP contribution in [0.1, 0.15) is 39.1 Å². The quantitative estimate of drug-likeness (QED) is 0.452. The van der Waals surface area contributed by atoms with Crippen molar-refractivity contribution >= 4 is 23.4 Å². The summed E-state index contributed by atoms with van der Waals surface area (Å²) in [6, 6.07) is 22.0. The Balaban J connectivity index is 1.24. The molecule has 36 heavy (non-hydrogen) atoms. The molecule has 1 heterocycles. The first-order valence-electron chi connectivity index (χ1n) is 12.0. The lowest BCUT2D eigenvalue weighted by molar-refractivity contribution is -0.117. The van der Waals surface area contributed by atoms with Gasteiger partial charge in [-0.05, 0) is 54.8 Å². The highest BCUT2D eigenvalue weighted by atomic mass is 19.1. The van der Waals surface area contributed by atoms with Crippen LogP contribution < -0.4 is 16.0 Å². The Kier molecular flexibility index (Phi) is 8.41. The summed E-state index contributed by atoms with van der Waals surface area (Å²) in [5.74, 6) is -1.07. The Morgan fingerprint density at radius 1 is 0.833 bits per heavy atom. The number of amides is 3. The topological polar surface area (TPSA) is 90.5 Å². The molecule has 7 nitrogen and oxygen atoms in total. The zero-order valence-corrected chi connectivity index (χ0v) is 19.9. The van der Waals surface area contributed by atoms with Gasteiger partial charge in [0.15, 0.2) is 0 Å². The first kappa shape index (κ1) is 25.1. The Hall–Kier alpha value is -4.04. The zero-order valence-electron chi connectivity index (χ0n) is 19.9. The predicted octanol–water partition coefficient (Wildman–Crippen LogP) is 3.59. The number of rotatable bonds is 8. The van der Waals surface area contributed by atoms with Crippen molar-refractivity contribution in [2.75, 3.05) is 25.0 Å². The van der Waals surface area contributed by atoms with E-state index in [0.717, 1.165) is 5.56 Å². The van der Waals surface area contributed by atoms with Crippen LogP contribution in [0.5, 0.6) is 0 Å². The molecular weight excluding hydrogens is 459 g/mol. The lowest BCUT2D eigenvalue weighted by Gasteiger charge is -2.31. The molecule has 3 N–H and O–H groups in total. The lowest BCUT2D eigenvalue weighted by atomic mass is 10.0. The van der Waals surface area contributed by atoms with Crippen molar-refractivity contribution < 1.29 is 18.8 Å². The molecule has 4 rings (SSSR count). The van der Waals surface area contributed by atoms with E-state index >= 15 is 0 Å². The number of nitrogens with zero attached hydrogens (tertiary/aromatic N) is 1. The standard InChI is InChI=1S/C28H29FN4O3/c29-22-12-10-21(11-13-22)27(35)31-23-14-16-33(17-15-23)19-26(34)32-25-9-5-4-8-24(25)28(36)30-18-20-6-2-1-3-7-20/h1-13,23H,14-19H2,(H,30,36)(H,31,35)(H,32,34). The van der Waals surface area contributed by atoms with Gasteiger partial charge in [0.2, 0.25) is 5.91 Å². The van der Waals surface area contributed by atoms with Crippen LogP contribution in [0.3, 0.4) is 0 Å². The fourth-order valence-corrected chi connectivity index (χ4v) is 4.16. The highest BCUT2D eigenvalue weighted by Crippen LogP contribution is 2.16. The number of benzene rings is 3. The Morgan fingerprint density at radius 2 is 1.50 bits per heavy atom. The molecule has 3 aromatic rings. The average molecular weight is 489 g/mol.